The molecule has 0 saturated carbocycles. The van der Waals surface area contributed by atoms with E-state index in [0.717, 1.165) is 32.2 Å². The van der Waals surface area contributed by atoms with E-state index in [1.165, 1.54) is 0 Å². The number of piperidine rings is 1. The third-order valence-electron chi connectivity index (χ3n) is 5.78. The Labute approximate surface area is 195 Å². The van der Waals surface area contributed by atoms with Gasteiger partial charge in [-0.3, -0.25) is 4.79 Å². The molecule has 1 aliphatic rings. The van der Waals surface area contributed by atoms with Gasteiger partial charge in [0.2, 0.25) is 5.75 Å². The van der Waals surface area contributed by atoms with Crippen molar-refractivity contribution in [3.05, 3.63) is 17.7 Å². The number of amides is 1. The zero-order valence-electron chi connectivity index (χ0n) is 21.5. The van der Waals surface area contributed by atoms with Crippen LogP contribution >= 0.6 is 0 Å². The molecule has 0 aromatic heterocycles. The van der Waals surface area contributed by atoms with Crippen molar-refractivity contribution in [2.45, 2.75) is 98.2 Å². The minimum absolute atomic E-state index is 0.0295. The first-order valence-corrected chi connectivity index (χ1v) is 12.2. The predicted octanol–water partition coefficient (Wildman–Crippen LogP) is 5.43. The highest BCUT2D eigenvalue weighted by atomic mass is 16.5. The van der Waals surface area contributed by atoms with Gasteiger partial charge in [0.25, 0.3) is 5.91 Å². The molecule has 1 saturated heterocycles. The second-order valence-electron chi connectivity index (χ2n) is 9.91. The standard InChI is InChI=1S/C26H44N2O4/c1-9-13-14-28(20-17-25(5,6)27-26(7,8)18-20)24(29)19-15-21(30-10-2)23(32-12-4)22(16-19)31-11-3/h15-16,20,27H,9-14,17-18H2,1-8H3. The Morgan fingerprint density at radius 2 is 1.44 bits per heavy atom. The van der Waals surface area contributed by atoms with Gasteiger partial charge in [0, 0.05) is 29.2 Å². The molecule has 0 bridgehead atoms. The average Bonchev–Trinajstić information content (AvgIpc) is 2.68. The molecule has 32 heavy (non-hydrogen) atoms. The van der Waals surface area contributed by atoms with Crippen LogP contribution < -0.4 is 19.5 Å². The number of nitrogens with zero attached hydrogens (tertiary/aromatic N) is 1. The van der Waals surface area contributed by atoms with Crippen molar-refractivity contribution in [3.8, 4) is 17.2 Å². The van der Waals surface area contributed by atoms with E-state index >= 15 is 0 Å². The molecule has 182 valence electrons. The van der Waals surface area contributed by atoms with Crippen molar-refractivity contribution in [3.63, 3.8) is 0 Å². The minimum atomic E-state index is -0.0387. The number of ether oxygens (including phenoxy) is 3. The molecule has 1 amide bonds. The lowest BCUT2D eigenvalue weighted by atomic mass is 9.78. The second kappa shape index (κ2) is 11.3. The molecule has 1 fully saturated rings. The maximum absolute atomic E-state index is 13.9. The fraction of sp³-hybridized carbons (Fsp3) is 0.731. The SMILES string of the molecule is CCCCN(C(=O)c1cc(OCC)c(OCC)c(OCC)c1)C1CC(C)(C)NC(C)(C)C1. The number of unbranched alkanes of at least 4 members (excludes halogenated alkanes) is 1. The van der Waals surface area contributed by atoms with E-state index in [-0.39, 0.29) is 23.0 Å². The molecule has 2 rings (SSSR count). The van der Waals surface area contributed by atoms with Gasteiger partial charge in [-0.1, -0.05) is 13.3 Å². The highest BCUT2D eigenvalue weighted by molar-refractivity contribution is 5.96. The van der Waals surface area contributed by atoms with Gasteiger partial charge in [-0.15, -0.1) is 0 Å². The first kappa shape index (κ1) is 26.3. The number of carbonyl (C=O) groups is 1. The molecule has 0 spiro atoms. The molecule has 0 aliphatic carbocycles. The summed E-state index contributed by atoms with van der Waals surface area (Å²) in [6.45, 7) is 19.0. The van der Waals surface area contributed by atoms with Crippen molar-refractivity contribution in [2.24, 2.45) is 0 Å². The number of hydrogen-bond acceptors (Lipinski definition) is 5. The van der Waals surface area contributed by atoms with E-state index in [1.807, 2.05) is 32.9 Å². The lowest BCUT2D eigenvalue weighted by Gasteiger charge is -2.49. The highest BCUT2D eigenvalue weighted by Crippen LogP contribution is 2.40. The van der Waals surface area contributed by atoms with Crippen LogP contribution in [0.3, 0.4) is 0 Å². The molecule has 1 N–H and O–H groups in total. The number of benzene rings is 1. The van der Waals surface area contributed by atoms with Crippen LogP contribution in [0.25, 0.3) is 0 Å². The molecule has 0 radical (unpaired) electrons. The third-order valence-corrected chi connectivity index (χ3v) is 5.78. The van der Waals surface area contributed by atoms with Crippen molar-refractivity contribution in [1.82, 2.24) is 10.2 Å². The van der Waals surface area contributed by atoms with Crippen LogP contribution in [0.5, 0.6) is 17.2 Å². The summed E-state index contributed by atoms with van der Waals surface area (Å²) in [4.78, 5) is 16.0. The van der Waals surface area contributed by atoms with E-state index in [2.05, 4.69) is 44.8 Å². The number of hydrogen-bond donors (Lipinski definition) is 1. The van der Waals surface area contributed by atoms with Crippen LogP contribution in [0.15, 0.2) is 12.1 Å². The maximum atomic E-state index is 13.9. The first-order chi connectivity index (χ1) is 15.1. The molecule has 1 heterocycles. The van der Waals surface area contributed by atoms with E-state index in [4.69, 9.17) is 14.2 Å². The number of carbonyl (C=O) groups excluding carboxylic acids is 1. The van der Waals surface area contributed by atoms with Gasteiger partial charge in [-0.2, -0.15) is 0 Å². The van der Waals surface area contributed by atoms with Crippen LogP contribution in [0.1, 0.15) is 91.4 Å². The highest BCUT2D eigenvalue weighted by Gasteiger charge is 2.41. The van der Waals surface area contributed by atoms with Crippen LogP contribution in [-0.4, -0.2) is 54.3 Å². The predicted molar refractivity (Wildman–Crippen MR) is 130 cm³/mol. The Kier molecular flexibility index (Phi) is 9.26. The molecular weight excluding hydrogens is 404 g/mol. The van der Waals surface area contributed by atoms with Crippen molar-refractivity contribution in [1.29, 1.82) is 0 Å². The summed E-state index contributed by atoms with van der Waals surface area (Å²) < 4.78 is 17.5. The van der Waals surface area contributed by atoms with Gasteiger partial charge < -0.3 is 24.4 Å². The Bertz CT molecular complexity index is 717. The smallest absolute Gasteiger partial charge is 0.254 e. The van der Waals surface area contributed by atoms with Crippen LogP contribution in [0, 0.1) is 0 Å². The van der Waals surface area contributed by atoms with Crippen LogP contribution in [0.4, 0.5) is 0 Å². The molecule has 1 aromatic rings. The van der Waals surface area contributed by atoms with E-state index in [1.54, 1.807) is 0 Å². The monoisotopic (exact) mass is 448 g/mol. The van der Waals surface area contributed by atoms with Gasteiger partial charge in [-0.25, -0.2) is 0 Å². The summed E-state index contributed by atoms with van der Waals surface area (Å²) in [7, 11) is 0. The Balaban J connectivity index is 2.48. The van der Waals surface area contributed by atoms with Crippen molar-refractivity contribution >= 4 is 5.91 Å². The molecule has 6 heteroatoms. The van der Waals surface area contributed by atoms with Gasteiger partial charge in [0.05, 0.1) is 19.8 Å². The van der Waals surface area contributed by atoms with Crippen LogP contribution in [-0.2, 0) is 0 Å². The van der Waals surface area contributed by atoms with E-state index < -0.39 is 0 Å². The topological polar surface area (TPSA) is 60.0 Å². The first-order valence-electron chi connectivity index (χ1n) is 12.2. The summed E-state index contributed by atoms with van der Waals surface area (Å²) in [5.41, 5.74) is 0.511. The lowest BCUT2D eigenvalue weighted by Crippen LogP contribution is -2.62. The minimum Gasteiger partial charge on any atom is -0.490 e. The average molecular weight is 449 g/mol. The summed E-state index contributed by atoms with van der Waals surface area (Å²) in [5.74, 6) is 1.72. The number of nitrogens with one attached hydrogen (secondary N) is 1. The molecule has 1 aromatic carbocycles. The van der Waals surface area contributed by atoms with Gasteiger partial charge in [-0.05, 0) is 79.9 Å². The molecule has 0 unspecified atom stereocenters. The van der Waals surface area contributed by atoms with Gasteiger partial charge >= 0.3 is 0 Å². The van der Waals surface area contributed by atoms with Crippen molar-refractivity contribution < 1.29 is 19.0 Å². The lowest BCUT2D eigenvalue weighted by molar-refractivity contribution is 0.0441. The zero-order valence-corrected chi connectivity index (χ0v) is 21.5. The van der Waals surface area contributed by atoms with E-state index in [9.17, 15) is 4.79 Å². The summed E-state index contributed by atoms with van der Waals surface area (Å²) in [6.07, 6.45) is 3.85. The fourth-order valence-corrected chi connectivity index (χ4v) is 4.95. The zero-order chi connectivity index (χ0) is 23.9. The van der Waals surface area contributed by atoms with Gasteiger partial charge in [0.1, 0.15) is 0 Å². The third kappa shape index (κ3) is 6.77. The van der Waals surface area contributed by atoms with Crippen LogP contribution in [0.2, 0.25) is 0 Å². The van der Waals surface area contributed by atoms with Gasteiger partial charge in [0.15, 0.2) is 11.5 Å². The quantitative estimate of drug-likeness (QED) is 0.489. The molecule has 1 aliphatic heterocycles. The fourth-order valence-electron chi connectivity index (χ4n) is 4.95. The Morgan fingerprint density at radius 3 is 1.88 bits per heavy atom. The largest absolute Gasteiger partial charge is 0.490 e. The normalized spacial score (nSPS) is 17.6. The molecule has 6 nitrogen and oxygen atoms in total. The Morgan fingerprint density at radius 1 is 0.938 bits per heavy atom. The summed E-state index contributed by atoms with van der Waals surface area (Å²) >= 11 is 0. The number of rotatable bonds is 11. The summed E-state index contributed by atoms with van der Waals surface area (Å²) in [5, 5.41) is 3.73. The Hall–Kier alpha value is -1.95. The molecule has 0 atom stereocenters. The maximum Gasteiger partial charge on any atom is 0.254 e. The second-order valence-corrected chi connectivity index (χ2v) is 9.91. The molecular formula is C26H44N2O4. The van der Waals surface area contributed by atoms with E-state index in [0.29, 0.717) is 42.6 Å². The summed E-state index contributed by atoms with van der Waals surface area (Å²) in [6, 6.07) is 3.80. The van der Waals surface area contributed by atoms with Crippen molar-refractivity contribution in [2.75, 3.05) is 26.4 Å².